The second-order valence-electron chi connectivity index (χ2n) is 6.43. The van der Waals surface area contributed by atoms with E-state index < -0.39 is 0 Å². The van der Waals surface area contributed by atoms with Crippen LogP contribution in [0.3, 0.4) is 0 Å². The van der Waals surface area contributed by atoms with E-state index in [1.165, 1.54) is 0 Å². The fourth-order valence-corrected chi connectivity index (χ4v) is 3.89. The van der Waals surface area contributed by atoms with E-state index in [0.717, 1.165) is 59.2 Å². The summed E-state index contributed by atoms with van der Waals surface area (Å²) in [5, 5.41) is 6.04. The molecule has 5 nitrogen and oxygen atoms in total. The van der Waals surface area contributed by atoms with Crippen molar-refractivity contribution >= 4 is 39.7 Å². The number of nitrogens with zero attached hydrogens (tertiary/aromatic N) is 2. The molecule has 0 unspecified atom stereocenters. The molecule has 1 aromatic carbocycles. The Morgan fingerprint density at radius 2 is 2.12 bits per heavy atom. The largest absolute Gasteiger partial charge is 0.378 e. The highest BCUT2D eigenvalue weighted by molar-refractivity contribution is 7.10. The van der Waals surface area contributed by atoms with Crippen molar-refractivity contribution in [2.24, 2.45) is 0 Å². The first-order valence-electron chi connectivity index (χ1n) is 8.75. The maximum atomic E-state index is 12.2. The number of pyridine rings is 1. The topological polar surface area (TPSA) is 54.5 Å². The third-order valence-corrected chi connectivity index (χ3v) is 5.41. The minimum absolute atomic E-state index is 0.00218. The predicted molar refractivity (Wildman–Crippen MR) is 106 cm³/mol. The Kier molecular flexibility index (Phi) is 4.86. The molecule has 0 radical (unpaired) electrons. The summed E-state index contributed by atoms with van der Waals surface area (Å²) in [4.78, 5) is 20.3. The van der Waals surface area contributed by atoms with Crippen molar-refractivity contribution in [3.05, 3.63) is 52.2 Å². The number of fused-ring (bicyclic) bond motifs is 1. The molecule has 0 aliphatic carbocycles. The van der Waals surface area contributed by atoms with Gasteiger partial charge in [-0.25, -0.2) is 4.98 Å². The van der Waals surface area contributed by atoms with Crippen molar-refractivity contribution in [2.75, 3.05) is 36.5 Å². The highest BCUT2D eigenvalue weighted by Crippen LogP contribution is 2.26. The number of ether oxygens (including phenoxy) is 1. The van der Waals surface area contributed by atoms with E-state index in [9.17, 15) is 4.79 Å². The Balaban J connectivity index is 1.55. The number of benzene rings is 1. The Morgan fingerprint density at radius 1 is 1.27 bits per heavy atom. The first-order chi connectivity index (χ1) is 12.7. The molecule has 4 rings (SSSR count). The molecule has 0 atom stereocenters. The lowest BCUT2D eigenvalue weighted by atomic mass is 10.1. The molecule has 134 valence electrons. The monoisotopic (exact) mass is 367 g/mol. The third kappa shape index (κ3) is 3.71. The van der Waals surface area contributed by atoms with Crippen LogP contribution in [0.15, 0.2) is 41.8 Å². The van der Waals surface area contributed by atoms with Gasteiger partial charge >= 0.3 is 0 Å². The minimum atomic E-state index is 0.00218. The van der Waals surface area contributed by atoms with Gasteiger partial charge in [-0.1, -0.05) is 6.07 Å². The van der Waals surface area contributed by atoms with Crippen LogP contribution in [0.1, 0.15) is 10.4 Å². The Morgan fingerprint density at radius 3 is 2.88 bits per heavy atom. The highest BCUT2D eigenvalue weighted by atomic mass is 32.1. The third-order valence-electron chi connectivity index (χ3n) is 4.54. The number of aryl methyl sites for hydroxylation is 1. The van der Waals surface area contributed by atoms with Crippen LogP contribution in [0.4, 0.5) is 11.5 Å². The Hall–Kier alpha value is -2.44. The molecule has 0 bridgehead atoms. The van der Waals surface area contributed by atoms with Crippen molar-refractivity contribution in [1.82, 2.24) is 4.98 Å². The number of morpholine rings is 1. The number of amides is 1. The number of carbonyl (C=O) groups is 1. The molecule has 1 N–H and O–H groups in total. The van der Waals surface area contributed by atoms with E-state index in [1.807, 2.05) is 35.7 Å². The van der Waals surface area contributed by atoms with Crippen LogP contribution in [-0.4, -0.2) is 37.2 Å². The number of hydrogen-bond acceptors (Lipinski definition) is 5. The Bertz CT molecular complexity index is 918. The van der Waals surface area contributed by atoms with Crippen LogP contribution in [-0.2, 0) is 16.0 Å². The first-order valence-corrected chi connectivity index (χ1v) is 9.63. The van der Waals surface area contributed by atoms with Gasteiger partial charge in [-0.15, -0.1) is 11.3 Å². The number of thiophene rings is 1. The lowest BCUT2D eigenvalue weighted by Crippen LogP contribution is -2.36. The molecule has 1 aliphatic rings. The van der Waals surface area contributed by atoms with E-state index in [-0.39, 0.29) is 5.91 Å². The molecule has 0 saturated carbocycles. The van der Waals surface area contributed by atoms with E-state index in [4.69, 9.17) is 9.72 Å². The van der Waals surface area contributed by atoms with Crippen molar-refractivity contribution in [3.8, 4) is 0 Å². The second-order valence-corrected chi connectivity index (χ2v) is 7.47. The van der Waals surface area contributed by atoms with Gasteiger partial charge in [0.2, 0.25) is 5.91 Å². The average molecular weight is 367 g/mol. The summed E-state index contributed by atoms with van der Waals surface area (Å²) in [6.07, 6.45) is 0.406. The fourth-order valence-electron chi connectivity index (χ4n) is 3.19. The second kappa shape index (κ2) is 7.43. The van der Waals surface area contributed by atoms with Crippen molar-refractivity contribution in [3.63, 3.8) is 0 Å². The van der Waals surface area contributed by atoms with E-state index >= 15 is 0 Å². The van der Waals surface area contributed by atoms with Gasteiger partial charge in [0, 0.05) is 29.0 Å². The number of aromatic nitrogens is 1. The molecule has 1 aliphatic heterocycles. The standard InChI is InChI=1S/C20H21N3O2S/c1-14-11-19(23-6-8-25-9-7-23)22-18-5-4-15(12-17(14)18)21-20(24)13-16-3-2-10-26-16/h2-5,10-12H,6-9,13H2,1H3,(H,21,24). The van der Waals surface area contributed by atoms with E-state index in [2.05, 4.69) is 23.2 Å². The molecule has 3 heterocycles. The fraction of sp³-hybridized carbons (Fsp3) is 0.300. The van der Waals surface area contributed by atoms with Crippen LogP contribution in [0.25, 0.3) is 10.9 Å². The molecule has 1 fully saturated rings. The lowest BCUT2D eigenvalue weighted by Gasteiger charge is -2.28. The first kappa shape index (κ1) is 17.0. The molecule has 0 spiro atoms. The number of carbonyl (C=O) groups excluding carboxylic acids is 1. The lowest BCUT2D eigenvalue weighted by molar-refractivity contribution is -0.115. The van der Waals surface area contributed by atoms with Crippen molar-refractivity contribution in [1.29, 1.82) is 0 Å². The van der Waals surface area contributed by atoms with Crippen molar-refractivity contribution in [2.45, 2.75) is 13.3 Å². The van der Waals surface area contributed by atoms with E-state index in [0.29, 0.717) is 6.42 Å². The summed E-state index contributed by atoms with van der Waals surface area (Å²) >= 11 is 1.60. The maximum Gasteiger partial charge on any atom is 0.229 e. The number of anilines is 2. The van der Waals surface area contributed by atoms with Gasteiger partial charge in [0.25, 0.3) is 0 Å². The summed E-state index contributed by atoms with van der Waals surface area (Å²) in [7, 11) is 0. The quantitative estimate of drug-likeness (QED) is 0.765. The molecule has 3 aromatic rings. The van der Waals surface area contributed by atoms with Gasteiger partial charge in [-0.3, -0.25) is 4.79 Å². The summed E-state index contributed by atoms with van der Waals surface area (Å²) < 4.78 is 5.42. The van der Waals surface area contributed by atoms with Crippen LogP contribution in [0.5, 0.6) is 0 Å². The van der Waals surface area contributed by atoms with Crippen molar-refractivity contribution < 1.29 is 9.53 Å². The predicted octanol–water partition coefficient (Wildman–Crippen LogP) is 3.62. The van der Waals surface area contributed by atoms with Gasteiger partial charge in [0.15, 0.2) is 0 Å². The summed E-state index contributed by atoms with van der Waals surface area (Å²) in [5.41, 5.74) is 2.91. The minimum Gasteiger partial charge on any atom is -0.378 e. The number of hydrogen-bond donors (Lipinski definition) is 1. The summed E-state index contributed by atoms with van der Waals surface area (Å²) in [6.45, 7) is 5.32. The number of rotatable bonds is 4. The van der Waals surface area contributed by atoms with Gasteiger partial charge < -0.3 is 15.0 Å². The van der Waals surface area contributed by atoms with Gasteiger partial charge in [-0.2, -0.15) is 0 Å². The zero-order valence-electron chi connectivity index (χ0n) is 14.7. The average Bonchev–Trinajstić information content (AvgIpc) is 3.15. The van der Waals surface area contributed by atoms with Crippen LogP contribution in [0, 0.1) is 6.92 Å². The molecule has 1 amide bonds. The zero-order chi connectivity index (χ0) is 17.9. The normalized spacial score (nSPS) is 14.6. The van der Waals surface area contributed by atoms with Gasteiger partial charge in [0.05, 0.1) is 25.2 Å². The summed E-state index contributed by atoms with van der Waals surface area (Å²) in [6, 6.07) is 12.0. The molecule has 6 heteroatoms. The zero-order valence-corrected chi connectivity index (χ0v) is 15.5. The summed E-state index contributed by atoms with van der Waals surface area (Å²) in [5.74, 6) is 0.995. The Labute approximate surface area is 156 Å². The highest BCUT2D eigenvalue weighted by Gasteiger charge is 2.14. The van der Waals surface area contributed by atoms with Crippen LogP contribution >= 0.6 is 11.3 Å². The molecule has 2 aromatic heterocycles. The SMILES string of the molecule is Cc1cc(N2CCOCC2)nc2ccc(NC(=O)Cc3cccs3)cc12. The van der Waals surface area contributed by atoms with Gasteiger partial charge in [0.1, 0.15) is 5.82 Å². The maximum absolute atomic E-state index is 12.2. The molecular formula is C20H21N3O2S. The van der Waals surface area contributed by atoms with Crippen LogP contribution < -0.4 is 10.2 Å². The molecule has 26 heavy (non-hydrogen) atoms. The molecule has 1 saturated heterocycles. The number of nitrogens with one attached hydrogen (secondary N) is 1. The van der Waals surface area contributed by atoms with Gasteiger partial charge in [-0.05, 0) is 48.2 Å². The smallest absolute Gasteiger partial charge is 0.229 e. The van der Waals surface area contributed by atoms with E-state index in [1.54, 1.807) is 11.3 Å². The molecular weight excluding hydrogens is 346 g/mol. The van der Waals surface area contributed by atoms with Crippen LogP contribution in [0.2, 0.25) is 0 Å².